The summed E-state index contributed by atoms with van der Waals surface area (Å²) in [5, 5.41) is 0.927. The van der Waals surface area contributed by atoms with Gasteiger partial charge in [-0.1, -0.05) is 23.8 Å². The van der Waals surface area contributed by atoms with Gasteiger partial charge >= 0.3 is 0 Å². The van der Waals surface area contributed by atoms with E-state index in [0.717, 1.165) is 22.3 Å². The minimum atomic E-state index is 0.531. The fourth-order valence-corrected chi connectivity index (χ4v) is 2.40. The molecule has 1 aromatic heterocycles. The molecule has 0 aliphatic rings. The van der Waals surface area contributed by atoms with E-state index in [1.807, 2.05) is 24.3 Å². The van der Waals surface area contributed by atoms with Gasteiger partial charge in [-0.3, -0.25) is 4.98 Å². The Balaban J connectivity index is 1.92. The quantitative estimate of drug-likeness (QED) is 0.736. The molecule has 0 bridgehead atoms. The first-order valence-electron chi connectivity index (χ1n) is 6.97. The number of pyridine rings is 1. The molecule has 3 rings (SSSR count). The maximum atomic E-state index is 5.98. The Morgan fingerprint density at radius 1 is 1.10 bits per heavy atom. The molecule has 106 valence electrons. The first-order valence-corrected chi connectivity index (χ1v) is 6.97. The van der Waals surface area contributed by atoms with Crippen LogP contribution in [0.1, 0.15) is 16.7 Å². The van der Waals surface area contributed by atoms with Gasteiger partial charge in [0.1, 0.15) is 17.9 Å². The highest BCUT2D eigenvalue weighted by atomic mass is 16.5. The monoisotopic (exact) mass is 278 g/mol. The third kappa shape index (κ3) is 2.68. The lowest BCUT2D eigenvalue weighted by Gasteiger charge is -2.12. The molecule has 0 amide bonds. The normalized spacial score (nSPS) is 10.8. The molecule has 3 aromatic rings. The molecule has 0 spiro atoms. The highest BCUT2D eigenvalue weighted by Crippen LogP contribution is 2.28. The number of aryl methyl sites for hydroxylation is 2. The highest BCUT2D eigenvalue weighted by molar-refractivity contribution is 5.94. The molecule has 3 nitrogen and oxygen atoms in total. The lowest BCUT2D eigenvalue weighted by Crippen LogP contribution is -2.00. The smallest absolute Gasteiger partial charge is 0.146 e. The van der Waals surface area contributed by atoms with E-state index in [0.29, 0.717) is 6.61 Å². The summed E-state index contributed by atoms with van der Waals surface area (Å²) in [6.45, 7) is 4.71. The van der Waals surface area contributed by atoms with Gasteiger partial charge in [0.05, 0.1) is 0 Å². The van der Waals surface area contributed by atoms with Crippen molar-refractivity contribution in [3.8, 4) is 5.75 Å². The molecule has 1 heterocycles. The van der Waals surface area contributed by atoms with Crippen molar-refractivity contribution in [1.82, 2.24) is 4.98 Å². The number of benzene rings is 2. The third-order valence-electron chi connectivity index (χ3n) is 3.65. The Kier molecular flexibility index (Phi) is 3.48. The van der Waals surface area contributed by atoms with E-state index in [1.54, 1.807) is 6.20 Å². The van der Waals surface area contributed by atoms with Crippen LogP contribution in [0.5, 0.6) is 5.75 Å². The van der Waals surface area contributed by atoms with Crippen LogP contribution in [0, 0.1) is 13.8 Å². The number of anilines is 1. The van der Waals surface area contributed by atoms with Crippen molar-refractivity contribution < 1.29 is 4.74 Å². The zero-order valence-corrected chi connectivity index (χ0v) is 12.3. The van der Waals surface area contributed by atoms with Crippen molar-refractivity contribution in [2.45, 2.75) is 20.5 Å². The minimum absolute atomic E-state index is 0.531. The maximum Gasteiger partial charge on any atom is 0.146 e. The van der Waals surface area contributed by atoms with E-state index in [-0.39, 0.29) is 0 Å². The van der Waals surface area contributed by atoms with Crippen molar-refractivity contribution in [2.24, 2.45) is 0 Å². The number of nitrogen functional groups attached to an aromatic ring is 1. The Morgan fingerprint density at radius 3 is 2.81 bits per heavy atom. The number of rotatable bonds is 3. The van der Waals surface area contributed by atoms with Crippen molar-refractivity contribution in [3.63, 3.8) is 0 Å². The summed E-state index contributed by atoms with van der Waals surface area (Å²) in [6, 6.07) is 14.0. The van der Waals surface area contributed by atoms with Crippen molar-refractivity contribution in [3.05, 3.63) is 65.4 Å². The first-order chi connectivity index (χ1) is 10.1. The molecule has 21 heavy (non-hydrogen) atoms. The lowest BCUT2D eigenvalue weighted by molar-refractivity contribution is 0.308. The summed E-state index contributed by atoms with van der Waals surface area (Å²) < 4.78 is 5.98. The van der Waals surface area contributed by atoms with Crippen molar-refractivity contribution in [1.29, 1.82) is 0 Å². The topological polar surface area (TPSA) is 48.1 Å². The van der Waals surface area contributed by atoms with Gasteiger partial charge in [0.25, 0.3) is 0 Å². The Hall–Kier alpha value is -2.55. The van der Waals surface area contributed by atoms with Crippen LogP contribution in [-0.2, 0) is 6.61 Å². The van der Waals surface area contributed by atoms with Crippen LogP contribution in [0.15, 0.2) is 48.7 Å². The predicted octanol–water partition coefficient (Wildman–Crippen LogP) is 4.01. The molecule has 3 heteroatoms. The molecule has 0 aliphatic carbocycles. The predicted molar refractivity (Wildman–Crippen MR) is 86.4 cm³/mol. The number of ether oxygens (including phenoxy) is 1. The molecule has 2 aromatic carbocycles. The lowest BCUT2D eigenvalue weighted by atomic mass is 10.1. The summed E-state index contributed by atoms with van der Waals surface area (Å²) in [6.07, 6.45) is 1.76. The number of hydrogen-bond donors (Lipinski definition) is 1. The van der Waals surface area contributed by atoms with E-state index >= 15 is 0 Å². The van der Waals surface area contributed by atoms with E-state index in [9.17, 15) is 0 Å². The van der Waals surface area contributed by atoms with E-state index in [4.69, 9.17) is 10.5 Å². The van der Waals surface area contributed by atoms with Crippen LogP contribution in [0.2, 0.25) is 0 Å². The SMILES string of the molecule is Cc1ccc(C)c(COc2ccc(N)c3cccnc23)c1. The number of hydrogen-bond acceptors (Lipinski definition) is 3. The molecule has 0 atom stereocenters. The van der Waals surface area contributed by atoms with Crippen LogP contribution >= 0.6 is 0 Å². The number of nitrogens with zero attached hydrogens (tertiary/aromatic N) is 1. The van der Waals surface area contributed by atoms with Crippen LogP contribution in [-0.4, -0.2) is 4.98 Å². The second kappa shape index (κ2) is 5.44. The molecule has 0 radical (unpaired) electrons. The van der Waals surface area contributed by atoms with E-state index in [1.165, 1.54) is 16.7 Å². The van der Waals surface area contributed by atoms with Crippen LogP contribution < -0.4 is 10.5 Å². The maximum absolute atomic E-state index is 5.98. The Labute approximate surface area is 124 Å². The highest BCUT2D eigenvalue weighted by Gasteiger charge is 2.07. The van der Waals surface area contributed by atoms with Gasteiger partial charge in [0.2, 0.25) is 0 Å². The van der Waals surface area contributed by atoms with Gasteiger partial charge in [-0.2, -0.15) is 0 Å². The second-order valence-corrected chi connectivity index (χ2v) is 5.27. The second-order valence-electron chi connectivity index (χ2n) is 5.27. The van der Waals surface area contributed by atoms with Gasteiger partial charge in [-0.15, -0.1) is 0 Å². The molecular formula is C18H18N2O. The molecule has 0 fully saturated rings. The standard InChI is InChI=1S/C18H18N2O/c1-12-5-6-13(2)14(10-12)11-21-17-8-7-16(19)15-4-3-9-20-18(15)17/h3-10H,11,19H2,1-2H3. The number of fused-ring (bicyclic) bond motifs is 1. The summed E-state index contributed by atoms with van der Waals surface area (Å²) in [4.78, 5) is 4.39. The van der Waals surface area contributed by atoms with Crippen LogP contribution in [0.4, 0.5) is 5.69 Å². The number of nitrogens with two attached hydrogens (primary N) is 1. The van der Waals surface area contributed by atoms with Gasteiger partial charge in [0, 0.05) is 17.3 Å². The summed E-state index contributed by atoms with van der Waals surface area (Å²) >= 11 is 0. The molecule has 2 N–H and O–H groups in total. The molecule has 0 saturated carbocycles. The largest absolute Gasteiger partial charge is 0.487 e. The fraction of sp³-hybridized carbons (Fsp3) is 0.167. The summed E-state index contributed by atoms with van der Waals surface area (Å²) in [5.74, 6) is 0.765. The van der Waals surface area contributed by atoms with Crippen LogP contribution in [0.3, 0.4) is 0 Å². The summed E-state index contributed by atoms with van der Waals surface area (Å²) in [5.41, 5.74) is 11.2. The van der Waals surface area contributed by atoms with Gasteiger partial charge in [0.15, 0.2) is 0 Å². The Morgan fingerprint density at radius 2 is 1.95 bits per heavy atom. The van der Waals surface area contributed by atoms with Crippen molar-refractivity contribution in [2.75, 3.05) is 5.73 Å². The molecule has 0 saturated heterocycles. The zero-order chi connectivity index (χ0) is 14.8. The average molecular weight is 278 g/mol. The van der Waals surface area contributed by atoms with Gasteiger partial charge < -0.3 is 10.5 Å². The molecule has 0 unspecified atom stereocenters. The van der Waals surface area contributed by atoms with Crippen LogP contribution in [0.25, 0.3) is 10.9 Å². The Bertz CT molecular complexity index is 796. The van der Waals surface area contributed by atoms with E-state index < -0.39 is 0 Å². The zero-order valence-electron chi connectivity index (χ0n) is 12.3. The summed E-state index contributed by atoms with van der Waals surface area (Å²) in [7, 11) is 0. The van der Waals surface area contributed by atoms with Gasteiger partial charge in [-0.25, -0.2) is 0 Å². The van der Waals surface area contributed by atoms with E-state index in [2.05, 4.69) is 37.0 Å². The first kappa shape index (κ1) is 13.4. The molecular weight excluding hydrogens is 260 g/mol. The van der Waals surface area contributed by atoms with Gasteiger partial charge in [-0.05, 0) is 49.2 Å². The number of aromatic nitrogens is 1. The van der Waals surface area contributed by atoms with Crippen molar-refractivity contribution >= 4 is 16.6 Å². The minimum Gasteiger partial charge on any atom is -0.487 e. The third-order valence-corrected chi connectivity index (χ3v) is 3.65. The molecule has 0 aliphatic heterocycles. The fourth-order valence-electron chi connectivity index (χ4n) is 2.40. The average Bonchev–Trinajstić information content (AvgIpc) is 2.50.